The minimum Gasteiger partial charge on any atom is -0.383 e. The van der Waals surface area contributed by atoms with Crippen LogP contribution in [0.4, 0.5) is 10.2 Å². The van der Waals surface area contributed by atoms with Crippen LogP contribution in [0.3, 0.4) is 0 Å². The average molecular weight is 433 g/mol. The number of hydrogen-bond acceptors (Lipinski definition) is 5. The molecule has 2 N–H and O–H groups in total. The van der Waals surface area contributed by atoms with Crippen LogP contribution in [-0.4, -0.2) is 24.5 Å². The third-order valence-electron chi connectivity index (χ3n) is 4.81. The van der Waals surface area contributed by atoms with Gasteiger partial charge in [0.05, 0.1) is 23.1 Å². The second-order valence-corrected chi connectivity index (χ2v) is 6.94. The number of pyridine rings is 3. The van der Waals surface area contributed by atoms with E-state index < -0.39 is 11.6 Å². The van der Waals surface area contributed by atoms with Crippen LogP contribution in [0.5, 0.6) is 0 Å². The van der Waals surface area contributed by atoms with Crippen molar-refractivity contribution >= 4 is 28.6 Å². The number of benzene rings is 1. The molecule has 0 saturated heterocycles. The van der Waals surface area contributed by atoms with E-state index in [0.717, 1.165) is 6.20 Å². The summed E-state index contributed by atoms with van der Waals surface area (Å²) >= 11 is 5.82. The fraction of sp³-hybridized carbons (Fsp3) is 0.0435. The van der Waals surface area contributed by atoms with Crippen LogP contribution in [0.25, 0.3) is 39.6 Å². The Labute approximate surface area is 185 Å². The van der Waals surface area contributed by atoms with E-state index in [2.05, 4.69) is 9.97 Å². The standard InChI is InChI=1S/C23H16ClFN6/c24-12-14-3-6-16(7-4-14)31-22(17-2-1-11-27-21(17)26)30-20-10-9-19(29-23(20)31)18-8-5-15(25)13-28-18/h1-11,13H,12H2,(H2,26,27)/i12D2. The molecule has 0 aliphatic rings. The van der Waals surface area contributed by atoms with Crippen LogP contribution in [0.1, 0.15) is 8.30 Å². The first kappa shape index (κ1) is 16.9. The zero-order chi connectivity index (χ0) is 23.2. The molecule has 0 fully saturated rings. The minimum absolute atomic E-state index is 0.309. The van der Waals surface area contributed by atoms with Crippen LogP contribution < -0.4 is 5.73 Å². The third kappa shape index (κ3) is 3.49. The summed E-state index contributed by atoms with van der Waals surface area (Å²) in [7, 11) is 0. The Kier molecular flexibility index (Phi) is 4.24. The van der Waals surface area contributed by atoms with E-state index in [-0.39, 0.29) is 0 Å². The lowest BCUT2D eigenvalue weighted by Crippen LogP contribution is -2.02. The molecule has 5 aromatic rings. The van der Waals surface area contributed by atoms with Gasteiger partial charge < -0.3 is 5.73 Å². The lowest BCUT2D eigenvalue weighted by atomic mass is 10.2. The summed E-state index contributed by atoms with van der Waals surface area (Å²) in [6.07, 6.45) is 2.73. The number of hydrogen-bond donors (Lipinski definition) is 1. The van der Waals surface area contributed by atoms with Gasteiger partial charge in [-0.25, -0.2) is 19.3 Å². The molecule has 0 atom stereocenters. The zero-order valence-corrected chi connectivity index (χ0v) is 16.8. The van der Waals surface area contributed by atoms with Crippen molar-refractivity contribution in [1.82, 2.24) is 24.5 Å². The van der Waals surface area contributed by atoms with Crippen molar-refractivity contribution in [2.45, 2.75) is 5.83 Å². The largest absolute Gasteiger partial charge is 0.383 e. The number of aromatic nitrogens is 5. The second kappa shape index (κ2) is 7.77. The first-order valence-electron chi connectivity index (χ1n) is 10.3. The van der Waals surface area contributed by atoms with Gasteiger partial charge in [0.1, 0.15) is 17.2 Å². The van der Waals surface area contributed by atoms with Crippen molar-refractivity contribution in [1.29, 1.82) is 0 Å². The topological polar surface area (TPSA) is 82.5 Å². The molecule has 8 heteroatoms. The number of anilines is 1. The summed E-state index contributed by atoms with van der Waals surface area (Å²) in [6, 6.07) is 16.7. The van der Waals surface area contributed by atoms with E-state index >= 15 is 0 Å². The molecule has 0 spiro atoms. The number of halogens is 2. The molecule has 31 heavy (non-hydrogen) atoms. The number of fused-ring (bicyclic) bond motifs is 1. The molecular formula is C23H16ClFN6. The van der Waals surface area contributed by atoms with Crippen molar-refractivity contribution in [2.24, 2.45) is 0 Å². The predicted octanol–water partition coefficient (Wildman–Crippen LogP) is 5.00. The summed E-state index contributed by atoms with van der Waals surface area (Å²) < 4.78 is 30.6. The number of nitrogen functional groups attached to an aromatic ring is 1. The number of rotatable bonds is 4. The van der Waals surface area contributed by atoms with Gasteiger partial charge in [0.25, 0.3) is 0 Å². The Bertz CT molecular complexity index is 1460. The highest BCUT2D eigenvalue weighted by molar-refractivity contribution is 6.17. The van der Waals surface area contributed by atoms with Gasteiger partial charge in [0, 0.05) is 20.5 Å². The molecule has 4 aromatic heterocycles. The zero-order valence-electron chi connectivity index (χ0n) is 18.0. The van der Waals surface area contributed by atoms with Gasteiger partial charge in [0.15, 0.2) is 11.5 Å². The molecule has 0 amide bonds. The number of nitrogens with zero attached hydrogens (tertiary/aromatic N) is 5. The molecule has 0 radical (unpaired) electrons. The number of imidazole rings is 1. The van der Waals surface area contributed by atoms with Crippen molar-refractivity contribution in [3.63, 3.8) is 0 Å². The van der Waals surface area contributed by atoms with Gasteiger partial charge in [0.2, 0.25) is 0 Å². The van der Waals surface area contributed by atoms with Gasteiger partial charge in [-0.15, -0.1) is 11.6 Å². The smallest absolute Gasteiger partial charge is 0.165 e. The fourth-order valence-electron chi connectivity index (χ4n) is 3.33. The summed E-state index contributed by atoms with van der Waals surface area (Å²) in [5, 5.41) is 0. The van der Waals surface area contributed by atoms with Gasteiger partial charge in [-0.3, -0.25) is 9.55 Å². The highest BCUT2D eigenvalue weighted by atomic mass is 35.5. The number of alkyl halides is 1. The SMILES string of the molecule is [2H]C([2H])(Cl)c1ccc(-n2c(-c3cccnc3N)nc3ccc(-c4ccc(F)cn4)nc32)cc1. The fourth-order valence-corrected chi connectivity index (χ4v) is 3.46. The Morgan fingerprint density at radius 2 is 1.77 bits per heavy atom. The van der Waals surface area contributed by atoms with Crippen molar-refractivity contribution in [2.75, 3.05) is 5.73 Å². The van der Waals surface area contributed by atoms with Crippen LogP contribution >= 0.6 is 11.6 Å². The molecule has 0 aliphatic heterocycles. The minimum atomic E-state index is -1.99. The molecule has 6 nitrogen and oxygen atoms in total. The first-order valence-corrected chi connectivity index (χ1v) is 9.71. The maximum Gasteiger partial charge on any atom is 0.165 e. The molecule has 152 valence electrons. The molecule has 0 aliphatic carbocycles. The lowest BCUT2D eigenvalue weighted by molar-refractivity contribution is 0.622. The van der Waals surface area contributed by atoms with Gasteiger partial charge >= 0.3 is 0 Å². The highest BCUT2D eigenvalue weighted by Gasteiger charge is 2.18. The van der Waals surface area contributed by atoms with Crippen LogP contribution in [0.2, 0.25) is 0 Å². The van der Waals surface area contributed by atoms with Crippen LogP contribution in [-0.2, 0) is 5.83 Å². The Hall–Kier alpha value is -3.84. The van der Waals surface area contributed by atoms with Crippen molar-refractivity contribution in [3.05, 3.63) is 84.4 Å². The highest BCUT2D eigenvalue weighted by Crippen LogP contribution is 2.31. The average Bonchev–Trinajstić information content (AvgIpc) is 3.18. The van der Waals surface area contributed by atoms with Gasteiger partial charge in [-0.05, 0) is 54.1 Å². The molecule has 0 saturated carbocycles. The maximum absolute atomic E-state index is 13.3. The second-order valence-electron chi connectivity index (χ2n) is 6.75. The summed E-state index contributed by atoms with van der Waals surface area (Å²) in [6.45, 7) is 0. The van der Waals surface area contributed by atoms with Crippen LogP contribution in [0, 0.1) is 5.82 Å². The van der Waals surface area contributed by atoms with E-state index in [9.17, 15) is 4.39 Å². The molecular weight excluding hydrogens is 415 g/mol. The Balaban J connectivity index is 1.76. The third-order valence-corrected chi connectivity index (χ3v) is 5.03. The first-order chi connectivity index (χ1) is 15.8. The summed E-state index contributed by atoms with van der Waals surface area (Å²) in [5.41, 5.74) is 9.95. The Morgan fingerprint density at radius 3 is 2.48 bits per heavy atom. The summed E-state index contributed by atoms with van der Waals surface area (Å²) in [5.74, 6) is -1.60. The Morgan fingerprint density at radius 1 is 0.968 bits per heavy atom. The van der Waals surface area contributed by atoms with Gasteiger partial charge in [-0.1, -0.05) is 12.1 Å². The normalized spacial score (nSPS) is 12.6. The number of nitrogens with two attached hydrogens (primary N) is 1. The van der Waals surface area contributed by atoms with E-state index in [1.54, 1.807) is 54.7 Å². The molecule has 1 aromatic carbocycles. The lowest BCUT2D eigenvalue weighted by Gasteiger charge is -2.11. The molecule has 5 rings (SSSR count). The monoisotopic (exact) mass is 432 g/mol. The predicted molar refractivity (Wildman–Crippen MR) is 119 cm³/mol. The van der Waals surface area contributed by atoms with Crippen molar-refractivity contribution in [3.8, 4) is 28.5 Å². The van der Waals surface area contributed by atoms with Crippen molar-refractivity contribution < 1.29 is 7.13 Å². The maximum atomic E-state index is 13.3. The van der Waals surface area contributed by atoms with Crippen LogP contribution in [0.15, 0.2) is 73.1 Å². The van der Waals surface area contributed by atoms with Gasteiger partial charge in [-0.2, -0.15) is 0 Å². The van der Waals surface area contributed by atoms with E-state index in [1.165, 1.54) is 6.07 Å². The van der Waals surface area contributed by atoms with E-state index in [4.69, 9.17) is 30.0 Å². The quantitative estimate of drug-likeness (QED) is 0.404. The summed E-state index contributed by atoms with van der Waals surface area (Å²) in [4.78, 5) is 17.8. The molecule has 4 heterocycles. The van der Waals surface area contributed by atoms with E-state index in [0.29, 0.717) is 51.0 Å². The molecule has 0 bridgehead atoms. The molecule has 0 unspecified atom stereocenters. The van der Waals surface area contributed by atoms with E-state index in [1.807, 2.05) is 10.6 Å².